The van der Waals surface area contributed by atoms with Crippen molar-refractivity contribution in [2.24, 2.45) is 0 Å². The minimum atomic E-state index is -4.77. The van der Waals surface area contributed by atoms with Gasteiger partial charge in [-0.05, 0) is 17.7 Å². The van der Waals surface area contributed by atoms with Gasteiger partial charge in [-0.1, -0.05) is 0 Å². The van der Waals surface area contributed by atoms with Crippen molar-refractivity contribution in [2.75, 3.05) is 0 Å². The summed E-state index contributed by atoms with van der Waals surface area (Å²) >= 11 is 4.96. The van der Waals surface area contributed by atoms with Crippen LogP contribution in [0.15, 0.2) is 12.3 Å². The molecule has 1 aromatic rings. The third-order valence-electron chi connectivity index (χ3n) is 1.50. The molecule has 0 aliphatic rings. The van der Waals surface area contributed by atoms with E-state index in [1.165, 1.54) is 0 Å². The Bertz CT molecular complexity index is 450. The lowest BCUT2D eigenvalue weighted by atomic mass is 10.1. The van der Waals surface area contributed by atoms with Crippen molar-refractivity contribution in [3.05, 3.63) is 29.1 Å². The first-order valence-electron chi connectivity index (χ1n) is 3.53. The molecule has 1 heterocycles. The molecule has 0 aliphatic carbocycles. The standard InChI is InChI=1S/C8H2ClF3N2O/c9-7(15)5-1-4(2-13)3-14-6(5)8(10,11)12/h1,3H. The molecule has 78 valence electrons. The van der Waals surface area contributed by atoms with Gasteiger partial charge in [-0.3, -0.25) is 4.79 Å². The molecule has 3 nitrogen and oxygen atoms in total. The number of halogens is 4. The second-order valence-corrected chi connectivity index (χ2v) is 2.85. The number of rotatable bonds is 1. The monoisotopic (exact) mass is 234 g/mol. The van der Waals surface area contributed by atoms with E-state index < -0.39 is 22.7 Å². The summed E-state index contributed by atoms with van der Waals surface area (Å²) in [5.41, 5.74) is -2.36. The minimum absolute atomic E-state index is 0.160. The van der Waals surface area contributed by atoms with E-state index in [9.17, 15) is 18.0 Å². The molecular formula is C8H2ClF3N2O. The van der Waals surface area contributed by atoms with E-state index in [4.69, 9.17) is 16.9 Å². The van der Waals surface area contributed by atoms with Crippen molar-refractivity contribution in [1.82, 2.24) is 4.98 Å². The van der Waals surface area contributed by atoms with Gasteiger partial charge in [0.05, 0.1) is 11.1 Å². The number of carbonyl (C=O) groups is 1. The summed E-state index contributed by atoms with van der Waals surface area (Å²) in [6, 6.07) is 2.32. The Kier molecular flexibility index (Phi) is 2.95. The molecule has 0 amide bonds. The van der Waals surface area contributed by atoms with E-state index in [-0.39, 0.29) is 5.56 Å². The smallest absolute Gasteiger partial charge is 0.276 e. The Morgan fingerprint density at radius 1 is 1.53 bits per heavy atom. The first kappa shape index (κ1) is 11.5. The Balaban J connectivity index is 3.42. The molecule has 0 aromatic carbocycles. The second kappa shape index (κ2) is 3.87. The van der Waals surface area contributed by atoms with Crippen molar-refractivity contribution in [3.63, 3.8) is 0 Å². The van der Waals surface area contributed by atoms with E-state index in [1.54, 1.807) is 6.07 Å². The minimum Gasteiger partial charge on any atom is -0.276 e. The Labute approximate surface area is 87.1 Å². The first-order chi connectivity index (χ1) is 6.86. The Morgan fingerprint density at radius 2 is 2.13 bits per heavy atom. The van der Waals surface area contributed by atoms with Gasteiger partial charge < -0.3 is 0 Å². The van der Waals surface area contributed by atoms with Crippen LogP contribution >= 0.6 is 11.6 Å². The zero-order chi connectivity index (χ0) is 11.6. The number of hydrogen-bond acceptors (Lipinski definition) is 3. The van der Waals surface area contributed by atoms with Crippen LogP contribution in [0.3, 0.4) is 0 Å². The number of alkyl halides is 3. The molecule has 0 saturated carbocycles. The quantitative estimate of drug-likeness (QED) is 0.701. The fourth-order valence-electron chi connectivity index (χ4n) is 0.902. The molecule has 15 heavy (non-hydrogen) atoms. The summed E-state index contributed by atoms with van der Waals surface area (Å²) in [6.45, 7) is 0. The van der Waals surface area contributed by atoms with Crippen LogP contribution in [0.2, 0.25) is 0 Å². The number of aromatic nitrogens is 1. The maximum atomic E-state index is 12.3. The van der Waals surface area contributed by atoms with Crippen LogP contribution in [0, 0.1) is 11.3 Å². The number of carbonyl (C=O) groups excluding carboxylic acids is 1. The van der Waals surface area contributed by atoms with Gasteiger partial charge in [0.1, 0.15) is 6.07 Å². The summed E-state index contributed by atoms with van der Waals surface area (Å²) in [6.07, 6.45) is -4.04. The van der Waals surface area contributed by atoms with Gasteiger partial charge in [0.25, 0.3) is 5.24 Å². The third-order valence-corrected chi connectivity index (χ3v) is 1.70. The molecule has 7 heteroatoms. The summed E-state index contributed by atoms with van der Waals surface area (Å²) in [4.78, 5) is 13.7. The van der Waals surface area contributed by atoms with Gasteiger partial charge in [0, 0.05) is 6.20 Å². The molecule has 0 N–H and O–H groups in total. The van der Waals surface area contributed by atoms with Crippen LogP contribution < -0.4 is 0 Å². The lowest BCUT2D eigenvalue weighted by Crippen LogP contribution is -2.13. The molecule has 1 rings (SSSR count). The molecule has 0 aliphatic heterocycles. The Morgan fingerprint density at radius 3 is 2.53 bits per heavy atom. The van der Waals surface area contributed by atoms with E-state index in [2.05, 4.69) is 4.98 Å². The van der Waals surface area contributed by atoms with Gasteiger partial charge in [0.15, 0.2) is 5.69 Å². The van der Waals surface area contributed by atoms with Gasteiger partial charge >= 0.3 is 6.18 Å². The van der Waals surface area contributed by atoms with Crippen LogP contribution in [-0.4, -0.2) is 10.2 Å². The predicted molar refractivity (Wildman–Crippen MR) is 44.1 cm³/mol. The van der Waals surface area contributed by atoms with Gasteiger partial charge in [-0.25, -0.2) is 4.98 Å². The lowest BCUT2D eigenvalue weighted by Gasteiger charge is -2.08. The topological polar surface area (TPSA) is 53.8 Å². The lowest BCUT2D eigenvalue weighted by molar-refractivity contribution is -0.141. The normalized spacial score (nSPS) is 10.9. The van der Waals surface area contributed by atoms with Gasteiger partial charge in [0.2, 0.25) is 0 Å². The largest absolute Gasteiger partial charge is 0.434 e. The van der Waals surface area contributed by atoms with Crippen LogP contribution in [0.25, 0.3) is 0 Å². The highest BCUT2D eigenvalue weighted by Gasteiger charge is 2.37. The highest BCUT2D eigenvalue weighted by Crippen LogP contribution is 2.31. The first-order valence-corrected chi connectivity index (χ1v) is 3.91. The number of hydrogen-bond donors (Lipinski definition) is 0. The summed E-state index contributed by atoms with van der Waals surface area (Å²) in [7, 11) is 0. The predicted octanol–water partition coefficient (Wildman–Crippen LogP) is 2.35. The van der Waals surface area contributed by atoms with E-state index in [1.807, 2.05) is 0 Å². The zero-order valence-electron chi connectivity index (χ0n) is 6.97. The number of nitrogens with zero attached hydrogens (tertiary/aromatic N) is 2. The van der Waals surface area contributed by atoms with Crippen molar-refractivity contribution in [2.45, 2.75) is 6.18 Å². The van der Waals surface area contributed by atoms with Gasteiger partial charge in [-0.15, -0.1) is 0 Å². The summed E-state index contributed by atoms with van der Waals surface area (Å²) < 4.78 is 36.9. The molecule has 0 fully saturated rings. The molecule has 0 saturated heterocycles. The van der Waals surface area contributed by atoms with Crippen LogP contribution in [0.1, 0.15) is 21.6 Å². The average Bonchev–Trinajstić information content (AvgIpc) is 2.15. The Hall–Kier alpha value is -1.61. The van der Waals surface area contributed by atoms with E-state index in [0.29, 0.717) is 0 Å². The molecular weight excluding hydrogens is 233 g/mol. The molecule has 0 unspecified atom stereocenters. The maximum absolute atomic E-state index is 12.3. The summed E-state index contributed by atoms with van der Waals surface area (Å²) in [5, 5.41) is 7.11. The SMILES string of the molecule is N#Cc1cnc(C(F)(F)F)c(C(=O)Cl)c1. The van der Waals surface area contributed by atoms with Crippen molar-refractivity contribution in [3.8, 4) is 6.07 Å². The molecule has 0 atom stereocenters. The van der Waals surface area contributed by atoms with Crippen molar-refractivity contribution < 1.29 is 18.0 Å². The van der Waals surface area contributed by atoms with Crippen molar-refractivity contribution >= 4 is 16.8 Å². The van der Waals surface area contributed by atoms with Gasteiger partial charge in [-0.2, -0.15) is 18.4 Å². The van der Waals surface area contributed by atoms with Crippen molar-refractivity contribution in [1.29, 1.82) is 5.26 Å². The average molecular weight is 235 g/mol. The highest BCUT2D eigenvalue weighted by molar-refractivity contribution is 6.67. The maximum Gasteiger partial charge on any atom is 0.434 e. The van der Waals surface area contributed by atoms with Crippen LogP contribution in [0.4, 0.5) is 13.2 Å². The van der Waals surface area contributed by atoms with E-state index >= 15 is 0 Å². The molecule has 0 radical (unpaired) electrons. The molecule has 1 aromatic heterocycles. The fraction of sp³-hybridized carbons (Fsp3) is 0.125. The number of nitriles is 1. The molecule has 0 bridgehead atoms. The van der Waals surface area contributed by atoms with Crippen LogP contribution in [-0.2, 0) is 6.18 Å². The number of pyridine rings is 1. The van der Waals surface area contributed by atoms with Crippen LogP contribution in [0.5, 0.6) is 0 Å². The van der Waals surface area contributed by atoms with E-state index in [0.717, 1.165) is 12.3 Å². The third kappa shape index (κ3) is 2.44. The second-order valence-electron chi connectivity index (χ2n) is 2.50. The highest BCUT2D eigenvalue weighted by atomic mass is 35.5. The molecule has 0 spiro atoms. The fourth-order valence-corrected chi connectivity index (χ4v) is 1.05. The summed E-state index contributed by atoms with van der Waals surface area (Å²) in [5.74, 6) is 0. The zero-order valence-corrected chi connectivity index (χ0v) is 7.73.